The number of rotatable bonds is 7. The average molecular weight is 360 g/mol. The Labute approximate surface area is 147 Å². The van der Waals surface area contributed by atoms with Crippen LogP contribution < -0.4 is 10.9 Å². The van der Waals surface area contributed by atoms with E-state index in [0.717, 1.165) is 5.56 Å². The van der Waals surface area contributed by atoms with Gasteiger partial charge >= 0.3 is 0 Å². The summed E-state index contributed by atoms with van der Waals surface area (Å²) >= 11 is 0. The van der Waals surface area contributed by atoms with E-state index in [2.05, 4.69) is 25.6 Å². The van der Waals surface area contributed by atoms with Crippen LogP contribution in [0.5, 0.6) is 0 Å². The summed E-state index contributed by atoms with van der Waals surface area (Å²) in [6, 6.07) is 5.73. The van der Waals surface area contributed by atoms with E-state index in [-0.39, 0.29) is 29.4 Å². The van der Waals surface area contributed by atoms with Gasteiger partial charge in [-0.3, -0.25) is 9.59 Å². The van der Waals surface area contributed by atoms with Crippen LogP contribution in [-0.4, -0.2) is 44.6 Å². The molecule has 3 aromatic rings. The number of methoxy groups -OCH3 is 1. The molecule has 0 radical (unpaired) electrons. The maximum atomic E-state index is 12.9. The van der Waals surface area contributed by atoms with E-state index in [0.29, 0.717) is 19.6 Å². The molecule has 0 saturated heterocycles. The van der Waals surface area contributed by atoms with Crippen LogP contribution in [0.3, 0.4) is 0 Å². The van der Waals surface area contributed by atoms with Gasteiger partial charge in [-0.25, -0.2) is 14.1 Å². The van der Waals surface area contributed by atoms with Crippen molar-refractivity contribution in [2.75, 3.05) is 13.7 Å². The molecule has 136 valence electrons. The number of carbonyl (C=O) groups excluding carboxylic acids is 1. The molecule has 0 saturated carbocycles. The van der Waals surface area contributed by atoms with E-state index in [9.17, 15) is 14.0 Å². The molecule has 0 aliphatic rings. The van der Waals surface area contributed by atoms with Crippen molar-refractivity contribution in [3.05, 3.63) is 51.8 Å². The maximum absolute atomic E-state index is 12.9. The Balaban J connectivity index is 1.77. The van der Waals surface area contributed by atoms with E-state index >= 15 is 0 Å². The quantitative estimate of drug-likeness (QED) is 0.597. The lowest BCUT2D eigenvalue weighted by molar-refractivity contribution is 0.0940. The summed E-state index contributed by atoms with van der Waals surface area (Å²) in [5.74, 6) is -1.05. The molecule has 2 heterocycles. The van der Waals surface area contributed by atoms with Crippen molar-refractivity contribution in [2.45, 2.75) is 19.5 Å². The highest BCUT2D eigenvalue weighted by molar-refractivity contribution is 5.91. The summed E-state index contributed by atoms with van der Waals surface area (Å²) in [5.41, 5.74) is 0.476. The zero-order valence-electron chi connectivity index (χ0n) is 14.0. The largest absolute Gasteiger partial charge is 0.385 e. The fraction of sp³-hybridized carbons (Fsp3) is 0.312. The zero-order valence-corrected chi connectivity index (χ0v) is 14.0. The highest BCUT2D eigenvalue weighted by Crippen LogP contribution is 2.05. The fourth-order valence-electron chi connectivity index (χ4n) is 2.35. The SMILES string of the molecule is COCCCn1nnc2c(=O)[nH]c(C(=O)NCc3ccc(F)cc3)nc21. The van der Waals surface area contributed by atoms with Crippen LogP contribution >= 0.6 is 0 Å². The number of halogens is 1. The van der Waals surface area contributed by atoms with E-state index in [1.165, 1.54) is 16.8 Å². The minimum absolute atomic E-state index is 0.0671. The molecule has 0 unspecified atom stereocenters. The van der Waals surface area contributed by atoms with Gasteiger partial charge in [0.25, 0.3) is 11.5 Å². The molecule has 2 aromatic heterocycles. The normalized spacial score (nSPS) is 11.0. The number of carbonyl (C=O) groups is 1. The minimum Gasteiger partial charge on any atom is -0.385 e. The molecule has 0 fully saturated rings. The van der Waals surface area contributed by atoms with Crippen LogP contribution in [0.15, 0.2) is 29.1 Å². The summed E-state index contributed by atoms with van der Waals surface area (Å²) in [7, 11) is 1.59. The molecule has 0 atom stereocenters. The number of nitrogens with one attached hydrogen (secondary N) is 2. The molecule has 0 aliphatic heterocycles. The lowest BCUT2D eigenvalue weighted by Gasteiger charge is -2.05. The predicted octanol–water partition coefficient (Wildman–Crippen LogP) is 0.620. The standard InChI is InChI=1S/C16H17FN6O3/c1-26-8-2-7-23-14-12(21-22-23)15(24)20-13(19-14)16(25)18-9-10-3-5-11(17)6-4-10/h3-6H,2,7-9H2,1H3,(H,18,25)(H,19,20,24). The Morgan fingerprint density at radius 1 is 1.35 bits per heavy atom. The second-order valence-electron chi connectivity index (χ2n) is 5.55. The lowest BCUT2D eigenvalue weighted by atomic mass is 10.2. The van der Waals surface area contributed by atoms with Gasteiger partial charge in [-0.05, 0) is 24.1 Å². The number of nitrogens with zero attached hydrogens (tertiary/aromatic N) is 4. The first-order valence-electron chi connectivity index (χ1n) is 7.93. The zero-order chi connectivity index (χ0) is 18.5. The molecule has 0 aliphatic carbocycles. The Morgan fingerprint density at radius 3 is 2.85 bits per heavy atom. The van der Waals surface area contributed by atoms with Crippen molar-refractivity contribution in [1.29, 1.82) is 0 Å². The Bertz CT molecular complexity index is 966. The smallest absolute Gasteiger partial charge is 0.287 e. The molecule has 9 nitrogen and oxygen atoms in total. The third kappa shape index (κ3) is 3.91. The number of ether oxygens (including phenoxy) is 1. The highest BCUT2D eigenvalue weighted by Gasteiger charge is 2.16. The molecule has 1 amide bonds. The topological polar surface area (TPSA) is 115 Å². The Kier molecular flexibility index (Phi) is 5.32. The van der Waals surface area contributed by atoms with Gasteiger partial charge in [0.2, 0.25) is 5.82 Å². The number of amides is 1. The molecular formula is C16H17FN6O3. The number of benzene rings is 1. The third-order valence-electron chi connectivity index (χ3n) is 3.67. The number of aromatic nitrogens is 5. The van der Waals surface area contributed by atoms with Crippen LogP contribution in [-0.2, 0) is 17.8 Å². The van der Waals surface area contributed by atoms with Gasteiger partial charge in [0.15, 0.2) is 11.2 Å². The number of hydrogen-bond acceptors (Lipinski definition) is 6. The summed E-state index contributed by atoms with van der Waals surface area (Å²) < 4.78 is 19.3. The van der Waals surface area contributed by atoms with Gasteiger partial charge in [-0.2, -0.15) is 0 Å². The van der Waals surface area contributed by atoms with E-state index in [4.69, 9.17) is 4.74 Å². The monoisotopic (exact) mass is 360 g/mol. The van der Waals surface area contributed by atoms with E-state index < -0.39 is 11.5 Å². The molecular weight excluding hydrogens is 343 g/mol. The van der Waals surface area contributed by atoms with E-state index in [1.807, 2.05) is 0 Å². The molecule has 26 heavy (non-hydrogen) atoms. The summed E-state index contributed by atoms with van der Waals surface area (Å²) in [5, 5.41) is 10.3. The molecule has 3 rings (SSSR count). The van der Waals surface area contributed by atoms with Crippen molar-refractivity contribution < 1.29 is 13.9 Å². The maximum Gasteiger partial charge on any atom is 0.287 e. The van der Waals surface area contributed by atoms with Crippen LogP contribution in [0.25, 0.3) is 11.2 Å². The van der Waals surface area contributed by atoms with Gasteiger partial charge in [0, 0.05) is 26.8 Å². The molecule has 1 aromatic carbocycles. The first kappa shape index (κ1) is 17.7. The fourth-order valence-corrected chi connectivity index (χ4v) is 2.35. The number of aromatic amines is 1. The second kappa shape index (κ2) is 7.83. The van der Waals surface area contributed by atoms with Crippen LogP contribution in [0, 0.1) is 5.82 Å². The van der Waals surface area contributed by atoms with Crippen molar-refractivity contribution in [2.24, 2.45) is 0 Å². The van der Waals surface area contributed by atoms with Crippen molar-refractivity contribution in [3.63, 3.8) is 0 Å². The third-order valence-corrected chi connectivity index (χ3v) is 3.67. The van der Waals surface area contributed by atoms with Gasteiger partial charge in [-0.1, -0.05) is 17.3 Å². The van der Waals surface area contributed by atoms with Crippen LogP contribution in [0.2, 0.25) is 0 Å². The predicted molar refractivity (Wildman–Crippen MR) is 90.0 cm³/mol. The molecule has 2 N–H and O–H groups in total. The first-order valence-corrected chi connectivity index (χ1v) is 7.93. The molecule has 0 spiro atoms. The lowest BCUT2D eigenvalue weighted by Crippen LogP contribution is -2.27. The van der Waals surface area contributed by atoms with Crippen molar-refractivity contribution in [3.8, 4) is 0 Å². The van der Waals surface area contributed by atoms with Crippen molar-refractivity contribution in [1.82, 2.24) is 30.3 Å². The number of H-pyrrole nitrogens is 1. The molecule has 10 heteroatoms. The summed E-state index contributed by atoms with van der Waals surface area (Å²) in [6.07, 6.45) is 0.662. The minimum atomic E-state index is -0.557. The average Bonchev–Trinajstić information content (AvgIpc) is 3.05. The number of aryl methyl sites for hydroxylation is 1. The Morgan fingerprint density at radius 2 is 2.12 bits per heavy atom. The van der Waals surface area contributed by atoms with Crippen LogP contribution in [0.4, 0.5) is 4.39 Å². The van der Waals surface area contributed by atoms with Gasteiger partial charge in [0.05, 0.1) is 0 Å². The van der Waals surface area contributed by atoms with Gasteiger partial charge in [0.1, 0.15) is 5.82 Å². The number of fused-ring (bicyclic) bond motifs is 1. The van der Waals surface area contributed by atoms with Gasteiger partial charge < -0.3 is 15.0 Å². The van der Waals surface area contributed by atoms with Gasteiger partial charge in [-0.15, -0.1) is 5.10 Å². The summed E-state index contributed by atoms with van der Waals surface area (Å²) in [6.45, 7) is 1.15. The van der Waals surface area contributed by atoms with E-state index in [1.54, 1.807) is 19.2 Å². The second-order valence-corrected chi connectivity index (χ2v) is 5.55. The van der Waals surface area contributed by atoms with Crippen LogP contribution in [0.1, 0.15) is 22.6 Å². The summed E-state index contributed by atoms with van der Waals surface area (Å²) in [4.78, 5) is 31.0. The number of hydrogen-bond donors (Lipinski definition) is 2. The molecule has 0 bridgehead atoms. The highest BCUT2D eigenvalue weighted by atomic mass is 19.1. The van der Waals surface area contributed by atoms with Crippen molar-refractivity contribution >= 4 is 17.1 Å². The Hall–Kier alpha value is -3.14. The first-order chi connectivity index (χ1) is 12.6.